The fraction of sp³-hybridized carbons (Fsp3) is 0.659. The number of benzene rings is 1. The van der Waals surface area contributed by atoms with Crippen molar-refractivity contribution < 1.29 is 47.4 Å². The number of carbonyl (C=O) groups excluding carboxylic acids is 1. The van der Waals surface area contributed by atoms with Gasteiger partial charge in [-0.25, -0.2) is 9.78 Å². The van der Waals surface area contributed by atoms with Gasteiger partial charge in [0.15, 0.2) is 5.65 Å². The predicted octanol–water partition coefficient (Wildman–Crippen LogP) is 2.77. The number of fused-ring (bicyclic) bond motifs is 1. The highest BCUT2D eigenvalue weighted by molar-refractivity contribution is 5.91. The van der Waals surface area contributed by atoms with E-state index in [0.717, 1.165) is 11.1 Å². The van der Waals surface area contributed by atoms with Gasteiger partial charge < -0.3 is 52.9 Å². The van der Waals surface area contributed by atoms with Crippen molar-refractivity contribution in [3.63, 3.8) is 0 Å². The van der Waals surface area contributed by atoms with Crippen LogP contribution in [0.1, 0.15) is 33.3 Å². The number of amides is 1. The minimum Gasteiger partial charge on any atom is -0.382 e. The van der Waals surface area contributed by atoms with Crippen LogP contribution in [0.3, 0.4) is 0 Å². The normalized spacial score (nSPS) is 11.9. The highest BCUT2D eigenvalue weighted by Gasteiger charge is 2.19. The molecule has 326 valence electrons. The Morgan fingerprint density at radius 3 is 1.53 bits per heavy atom. The lowest BCUT2D eigenvalue weighted by molar-refractivity contribution is -0.116. The van der Waals surface area contributed by atoms with E-state index in [-0.39, 0.29) is 29.0 Å². The average Bonchev–Trinajstić information content (AvgIpc) is 3.66. The molecule has 1 amide bonds. The standard InChI is InChI=1S/C41H65N5O12/c1-32(2)30-45-39-37(40(48)46(41(45)49)31-33(3)4)43-38(44-39)35-9-6-34(7-10-35)8-11-36(47)42-12-13-51-16-17-53-20-21-55-24-25-57-28-29-58-27-26-56-23-22-54-19-18-52-15-14-50-5/h6-11,32-33H,12-31H2,1-5H3,(H,42,47)(H,43,44)/b11-8+. The Morgan fingerprint density at radius 1 is 0.655 bits per heavy atom. The quantitative estimate of drug-likeness (QED) is 0.0663. The molecule has 0 bridgehead atoms. The molecule has 0 fully saturated rings. The van der Waals surface area contributed by atoms with Crippen LogP contribution in [0.2, 0.25) is 0 Å². The number of nitrogens with one attached hydrogen (secondary N) is 2. The zero-order valence-electron chi connectivity index (χ0n) is 35.0. The molecular weight excluding hydrogens is 754 g/mol. The van der Waals surface area contributed by atoms with E-state index >= 15 is 0 Å². The van der Waals surface area contributed by atoms with Crippen molar-refractivity contribution in [1.82, 2.24) is 24.4 Å². The summed E-state index contributed by atoms with van der Waals surface area (Å²) in [4.78, 5) is 46.6. The Labute approximate surface area is 341 Å². The maximum Gasteiger partial charge on any atom is 0.332 e. The summed E-state index contributed by atoms with van der Waals surface area (Å²) < 4.78 is 51.4. The van der Waals surface area contributed by atoms with Crippen LogP contribution in [-0.4, -0.2) is 151 Å². The van der Waals surface area contributed by atoms with E-state index in [1.807, 2.05) is 52.0 Å². The van der Waals surface area contributed by atoms with Crippen molar-refractivity contribution in [3.05, 3.63) is 56.7 Å². The lowest BCUT2D eigenvalue weighted by Crippen LogP contribution is -2.41. The van der Waals surface area contributed by atoms with Crippen LogP contribution in [0.15, 0.2) is 39.9 Å². The number of ether oxygens (including phenoxy) is 9. The van der Waals surface area contributed by atoms with Gasteiger partial charge >= 0.3 is 5.69 Å². The van der Waals surface area contributed by atoms with Gasteiger partial charge in [-0.15, -0.1) is 0 Å². The Kier molecular flexibility index (Phi) is 24.7. The highest BCUT2D eigenvalue weighted by atomic mass is 16.6. The van der Waals surface area contributed by atoms with Crippen molar-refractivity contribution in [2.45, 2.75) is 40.8 Å². The first kappa shape index (κ1) is 48.6. The summed E-state index contributed by atoms with van der Waals surface area (Å²) in [5.41, 5.74) is 1.51. The number of H-pyrrole nitrogens is 1. The van der Waals surface area contributed by atoms with Gasteiger partial charge in [-0.05, 0) is 23.5 Å². The monoisotopic (exact) mass is 819 g/mol. The van der Waals surface area contributed by atoms with E-state index < -0.39 is 0 Å². The fourth-order valence-corrected chi connectivity index (χ4v) is 5.37. The summed E-state index contributed by atoms with van der Waals surface area (Å²) in [7, 11) is 1.64. The van der Waals surface area contributed by atoms with Crippen LogP contribution in [0.5, 0.6) is 0 Å². The number of imidazole rings is 1. The molecule has 58 heavy (non-hydrogen) atoms. The molecule has 2 heterocycles. The molecule has 2 aromatic heterocycles. The smallest absolute Gasteiger partial charge is 0.332 e. The molecule has 17 heteroatoms. The van der Waals surface area contributed by atoms with E-state index in [2.05, 4.69) is 15.3 Å². The van der Waals surface area contributed by atoms with E-state index in [9.17, 15) is 14.4 Å². The molecule has 0 radical (unpaired) electrons. The molecule has 0 aliphatic heterocycles. The van der Waals surface area contributed by atoms with E-state index in [1.54, 1.807) is 17.8 Å². The second-order valence-electron chi connectivity index (χ2n) is 14.0. The second-order valence-corrected chi connectivity index (χ2v) is 14.0. The molecule has 3 aromatic rings. The SMILES string of the molecule is COCCOCCOCCOCCOCCOCCOCCOCCOCCNC(=O)/C=C/c1ccc(-c2nc3c([nH]2)c(=O)n(CC(C)C)c(=O)n3CC(C)C)cc1. The highest BCUT2D eigenvalue weighted by Crippen LogP contribution is 2.20. The number of aromatic amines is 1. The average molecular weight is 820 g/mol. The van der Waals surface area contributed by atoms with E-state index in [0.29, 0.717) is 149 Å². The van der Waals surface area contributed by atoms with Crippen LogP contribution < -0.4 is 16.6 Å². The van der Waals surface area contributed by atoms with Gasteiger partial charge in [-0.1, -0.05) is 52.0 Å². The van der Waals surface area contributed by atoms with E-state index in [4.69, 9.17) is 42.6 Å². The third kappa shape index (κ3) is 19.3. The Morgan fingerprint density at radius 2 is 1.09 bits per heavy atom. The van der Waals surface area contributed by atoms with Gasteiger partial charge in [0.1, 0.15) is 11.3 Å². The maximum absolute atomic E-state index is 13.2. The largest absolute Gasteiger partial charge is 0.382 e. The zero-order chi connectivity index (χ0) is 41.8. The molecule has 0 aliphatic carbocycles. The van der Waals surface area contributed by atoms with Crippen molar-refractivity contribution in [2.24, 2.45) is 11.8 Å². The number of hydrogen-bond acceptors (Lipinski definition) is 13. The van der Waals surface area contributed by atoms with Gasteiger partial charge in [-0.2, -0.15) is 0 Å². The Bertz CT molecular complexity index is 1700. The molecule has 0 spiro atoms. The minimum absolute atomic E-state index is 0.131. The number of rotatable bonds is 34. The van der Waals surface area contributed by atoms with Crippen molar-refractivity contribution >= 4 is 23.1 Å². The number of aromatic nitrogens is 4. The lowest BCUT2D eigenvalue weighted by Gasteiger charge is -2.14. The van der Waals surface area contributed by atoms with Gasteiger partial charge in [0.05, 0.1) is 112 Å². The lowest BCUT2D eigenvalue weighted by atomic mass is 10.1. The molecule has 17 nitrogen and oxygen atoms in total. The first-order valence-corrected chi connectivity index (χ1v) is 20.1. The molecule has 1 aromatic carbocycles. The number of methoxy groups -OCH3 is 1. The summed E-state index contributed by atoms with van der Waals surface area (Å²) in [5, 5.41) is 2.80. The third-order valence-electron chi connectivity index (χ3n) is 8.15. The van der Waals surface area contributed by atoms with Crippen molar-refractivity contribution in [2.75, 3.05) is 126 Å². The molecule has 0 saturated carbocycles. The van der Waals surface area contributed by atoms with Gasteiger partial charge in [0, 0.05) is 38.4 Å². The molecule has 0 aliphatic rings. The second kappa shape index (κ2) is 29.4. The Hall–Kier alpha value is -3.78. The topological polar surface area (TPSA) is 185 Å². The third-order valence-corrected chi connectivity index (χ3v) is 8.15. The molecule has 3 rings (SSSR count). The summed E-state index contributed by atoms with van der Waals surface area (Å²) in [6.07, 6.45) is 3.17. The Balaban J connectivity index is 1.17. The van der Waals surface area contributed by atoms with Crippen LogP contribution >= 0.6 is 0 Å². The van der Waals surface area contributed by atoms with Crippen molar-refractivity contribution in [1.29, 1.82) is 0 Å². The van der Waals surface area contributed by atoms with E-state index in [1.165, 1.54) is 10.6 Å². The number of nitrogens with zero attached hydrogens (tertiary/aromatic N) is 3. The maximum atomic E-state index is 13.2. The van der Waals surface area contributed by atoms with Crippen LogP contribution in [0.4, 0.5) is 0 Å². The molecule has 0 saturated heterocycles. The van der Waals surface area contributed by atoms with Gasteiger partial charge in [0.25, 0.3) is 5.56 Å². The van der Waals surface area contributed by atoms with Crippen LogP contribution in [-0.2, 0) is 60.5 Å². The number of carbonyl (C=O) groups is 1. The minimum atomic E-state index is -0.371. The summed E-state index contributed by atoms with van der Waals surface area (Å²) in [5.74, 6) is 0.570. The fourth-order valence-electron chi connectivity index (χ4n) is 5.37. The molecule has 0 unspecified atom stereocenters. The van der Waals surface area contributed by atoms with Crippen LogP contribution in [0, 0.1) is 11.8 Å². The molecule has 2 N–H and O–H groups in total. The molecule has 0 atom stereocenters. The van der Waals surface area contributed by atoms with Crippen molar-refractivity contribution in [3.8, 4) is 11.4 Å². The zero-order valence-corrected chi connectivity index (χ0v) is 35.0. The number of hydrogen-bond donors (Lipinski definition) is 2. The first-order chi connectivity index (χ1) is 28.2. The van der Waals surface area contributed by atoms with Crippen LogP contribution in [0.25, 0.3) is 28.6 Å². The first-order valence-electron chi connectivity index (χ1n) is 20.1. The summed E-state index contributed by atoms with van der Waals surface area (Å²) >= 11 is 0. The van der Waals surface area contributed by atoms with Gasteiger partial charge in [-0.3, -0.25) is 18.7 Å². The molecular formula is C41H65N5O12. The van der Waals surface area contributed by atoms with Gasteiger partial charge in [0.2, 0.25) is 5.91 Å². The summed E-state index contributed by atoms with van der Waals surface area (Å²) in [6.45, 7) is 17.3. The summed E-state index contributed by atoms with van der Waals surface area (Å²) in [6, 6.07) is 7.42. The predicted molar refractivity (Wildman–Crippen MR) is 220 cm³/mol.